The first-order valence-electron chi connectivity index (χ1n) is 7.77. The average Bonchev–Trinajstić information content (AvgIpc) is 3.14. The number of nitrogens with two attached hydrogens (primary N) is 1. The van der Waals surface area contributed by atoms with Crippen LogP contribution in [0.5, 0.6) is 0 Å². The minimum atomic E-state index is -0.207. The number of carbonyl (C=O) groups excluding carboxylic acids is 1. The van der Waals surface area contributed by atoms with E-state index in [0.717, 1.165) is 31.0 Å². The maximum absolute atomic E-state index is 11.1. The highest BCUT2D eigenvalue weighted by Gasteiger charge is 2.45. The van der Waals surface area contributed by atoms with Gasteiger partial charge in [-0.15, -0.1) is 0 Å². The van der Waals surface area contributed by atoms with Gasteiger partial charge in [-0.2, -0.15) is 0 Å². The van der Waals surface area contributed by atoms with Crippen molar-refractivity contribution in [1.82, 2.24) is 4.90 Å². The van der Waals surface area contributed by atoms with Gasteiger partial charge in [-0.1, -0.05) is 0 Å². The predicted molar refractivity (Wildman–Crippen MR) is 73.6 cm³/mol. The third kappa shape index (κ3) is 3.29. The fraction of sp³-hybridized carbons (Fsp3) is 0.933. The van der Waals surface area contributed by atoms with E-state index in [1.807, 2.05) is 0 Å². The van der Waals surface area contributed by atoms with E-state index < -0.39 is 0 Å². The monoisotopic (exact) mass is 266 g/mol. The molecule has 0 aromatic heterocycles. The van der Waals surface area contributed by atoms with Crippen LogP contribution in [-0.2, 0) is 9.53 Å². The van der Waals surface area contributed by atoms with E-state index in [0.29, 0.717) is 13.0 Å². The summed E-state index contributed by atoms with van der Waals surface area (Å²) in [5, 5.41) is 0. The molecule has 3 aliphatic rings. The van der Waals surface area contributed by atoms with Gasteiger partial charge >= 0.3 is 0 Å². The first kappa shape index (κ1) is 13.4. The highest BCUT2D eigenvalue weighted by atomic mass is 16.5. The molecule has 1 saturated heterocycles. The van der Waals surface area contributed by atoms with Crippen LogP contribution < -0.4 is 5.73 Å². The number of amides is 1. The van der Waals surface area contributed by atoms with Crippen molar-refractivity contribution in [2.24, 2.45) is 17.1 Å². The zero-order chi connectivity index (χ0) is 13.3. The summed E-state index contributed by atoms with van der Waals surface area (Å²) in [7, 11) is 0. The maximum atomic E-state index is 11.1. The van der Waals surface area contributed by atoms with Crippen LogP contribution in [0.25, 0.3) is 0 Å². The van der Waals surface area contributed by atoms with Crippen LogP contribution in [-0.4, -0.2) is 43.2 Å². The fourth-order valence-electron chi connectivity index (χ4n) is 3.83. The van der Waals surface area contributed by atoms with E-state index in [1.165, 1.54) is 38.5 Å². The number of primary amides is 1. The third-order valence-corrected chi connectivity index (χ3v) is 5.40. The van der Waals surface area contributed by atoms with Crippen LogP contribution in [0.4, 0.5) is 0 Å². The number of hydrogen-bond donors (Lipinski definition) is 1. The molecule has 2 N–H and O–H groups in total. The zero-order valence-corrected chi connectivity index (χ0v) is 11.8. The second-order valence-electron chi connectivity index (χ2n) is 6.84. The summed E-state index contributed by atoms with van der Waals surface area (Å²) in [6, 6.07) is 0.211. The molecule has 2 saturated carbocycles. The fourth-order valence-corrected chi connectivity index (χ4v) is 3.83. The average molecular weight is 266 g/mol. The molecule has 108 valence electrons. The number of morpholine rings is 1. The molecule has 1 unspecified atom stereocenters. The van der Waals surface area contributed by atoms with Crippen molar-refractivity contribution in [3.05, 3.63) is 0 Å². The Bertz CT molecular complexity index is 331. The molecular weight excluding hydrogens is 240 g/mol. The predicted octanol–water partition coefficient (Wildman–Crippen LogP) is 1.53. The number of rotatable bonds is 4. The molecule has 4 heteroatoms. The van der Waals surface area contributed by atoms with Gasteiger partial charge < -0.3 is 10.5 Å². The molecule has 0 aromatic rings. The van der Waals surface area contributed by atoms with Crippen molar-refractivity contribution in [3.63, 3.8) is 0 Å². The van der Waals surface area contributed by atoms with Gasteiger partial charge in [-0.25, -0.2) is 0 Å². The molecule has 0 bridgehead atoms. The smallest absolute Gasteiger partial charge is 0.219 e. The molecule has 2 aliphatic carbocycles. The van der Waals surface area contributed by atoms with Crippen LogP contribution in [0.2, 0.25) is 0 Å². The van der Waals surface area contributed by atoms with E-state index in [-0.39, 0.29) is 11.9 Å². The summed E-state index contributed by atoms with van der Waals surface area (Å²) in [5.41, 5.74) is 6.11. The molecule has 1 aliphatic heterocycles. The largest absolute Gasteiger partial charge is 0.378 e. The molecule has 1 atom stereocenters. The van der Waals surface area contributed by atoms with Gasteiger partial charge in [0.15, 0.2) is 0 Å². The van der Waals surface area contributed by atoms with E-state index in [2.05, 4.69) is 4.90 Å². The number of ether oxygens (including phenoxy) is 1. The minimum Gasteiger partial charge on any atom is -0.378 e. The van der Waals surface area contributed by atoms with Crippen molar-refractivity contribution in [3.8, 4) is 0 Å². The molecule has 1 spiro atoms. The first-order valence-corrected chi connectivity index (χ1v) is 7.77. The lowest BCUT2D eigenvalue weighted by Crippen LogP contribution is -2.49. The Balaban J connectivity index is 1.50. The summed E-state index contributed by atoms with van der Waals surface area (Å²) in [4.78, 5) is 13.6. The second kappa shape index (κ2) is 5.41. The summed E-state index contributed by atoms with van der Waals surface area (Å²) < 4.78 is 5.50. The molecular formula is C15H26N2O2. The van der Waals surface area contributed by atoms with E-state index in [9.17, 15) is 4.79 Å². The van der Waals surface area contributed by atoms with Crippen molar-refractivity contribution in [1.29, 1.82) is 0 Å². The molecule has 0 radical (unpaired) electrons. The molecule has 1 heterocycles. The van der Waals surface area contributed by atoms with E-state index in [4.69, 9.17) is 10.5 Å². The third-order valence-electron chi connectivity index (χ3n) is 5.40. The van der Waals surface area contributed by atoms with Crippen LogP contribution >= 0.6 is 0 Å². The topological polar surface area (TPSA) is 55.6 Å². The Hall–Kier alpha value is -0.610. The van der Waals surface area contributed by atoms with Crippen molar-refractivity contribution >= 4 is 5.91 Å². The highest BCUT2D eigenvalue weighted by molar-refractivity contribution is 5.74. The second-order valence-corrected chi connectivity index (χ2v) is 6.84. The molecule has 19 heavy (non-hydrogen) atoms. The van der Waals surface area contributed by atoms with Crippen LogP contribution in [0, 0.1) is 11.3 Å². The van der Waals surface area contributed by atoms with Gasteiger partial charge in [0.25, 0.3) is 0 Å². The first-order chi connectivity index (χ1) is 9.17. The quantitative estimate of drug-likeness (QED) is 0.839. The Kier molecular flexibility index (Phi) is 3.81. The van der Waals surface area contributed by atoms with Gasteiger partial charge in [0.1, 0.15) is 0 Å². The molecule has 4 nitrogen and oxygen atoms in total. The van der Waals surface area contributed by atoms with Crippen LogP contribution in [0.15, 0.2) is 0 Å². The Labute approximate surface area is 115 Å². The lowest BCUT2D eigenvalue weighted by Gasteiger charge is -2.39. The molecule has 3 rings (SSSR count). The summed E-state index contributed by atoms with van der Waals surface area (Å²) in [6.07, 6.45) is 9.01. The maximum Gasteiger partial charge on any atom is 0.219 e. The summed E-state index contributed by atoms with van der Waals surface area (Å²) in [5.74, 6) is 0.612. The number of carbonyl (C=O) groups is 1. The molecule has 0 aromatic carbocycles. The van der Waals surface area contributed by atoms with E-state index >= 15 is 0 Å². The highest BCUT2D eigenvalue weighted by Crippen LogP contribution is 2.57. The molecule has 3 fully saturated rings. The summed E-state index contributed by atoms with van der Waals surface area (Å²) in [6.45, 7) is 3.56. The Morgan fingerprint density at radius 2 is 2.00 bits per heavy atom. The van der Waals surface area contributed by atoms with Gasteiger partial charge in [0, 0.05) is 25.6 Å². The standard InChI is InChI=1S/C15H26N2O2/c16-14(18)9-13-11-19-8-7-17(13)10-12-1-3-15(4-2-12)5-6-15/h12-13H,1-11H2,(H2,16,18). The minimum absolute atomic E-state index is 0.207. The number of hydrogen-bond acceptors (Lipinski definition) is 3. The lowest BCUT2D eigenvalue weighted by molar-refractivity contribution is -0.121. The number of nitrogens with zero attached hydrogens (tertiary/aromatic N) is 1. The van der Waals surface area contributed by atoms with Crippen LogP contribution in [0.1, 0.15) is 44.9 Å². The van der Waals surface area contributed by atoms with Crippen LogP contribution in [0.3, 0.4) is 0 Å². The van der Waals surface area contributed by atoms with Crippen molar-refractivity contribution < 1.29 is 9.53 Å². The molecule has 1 amide bonds. The van der Waals surface area contributed by atoms with Crippen molar-refractivity contribution in [2.75, 3.05) is 26.3 Å². The zero-order valence-electron chi connectivity index (χ0n) is 11.8. The van der Waals surface area contributed by atoms with Gasteiger partial charge in [-0.05, 0) is 49.9 Å². The van der Waals surface area contributed by atoms with Gasteiger partial charge in [0.2, 0.25) is 5.91 Å². The van der Waals surface area contributed by atoms with Gasteiger partial charge in [-0.3, -0.25) is 9.69 Å². The summed E-state index contributed by atoms with van der Waals surface area (Å²) >= 11 is 0. The van der Waals surface area contributed by atoms with Crippen molar-refractivity contribution in [2.45, 2.75) is 51.0 Å². The SMILES string of the molecule is NC(=O)CC1COCCN1CC1CCC2(CC1)CC2. The van der Waals surface area contributed by atoms with Gasteiger partial charge in [0.05, 0.1) is 13.2 Å². The van der Waals surface area contributed by atoms with E-state index in [1.54, 1.807) is 0 Å². The Morgan fingerprint density at radius 3 is 2.63 bits per heavy atom. The Morgan fingerprint density at radius 1 is 1.26 bits per heavy atom. The normalized spacial score (nSPS) is 31.5. The lowest BCUT2D eigenvalue weighted by atomic mass is 9.79.